The van der Waals surface area contributed by atoms with Crippen molar-refractivity contribution in [2.75, 3.05) is 32.7 Å². The number of H-pyrrole nitrogens is 1. The van der Waals surface area contributed by atoms with Gasteiger partial charge < -0.3 is 29.8 Å². The van der Waals surface area contributed by atoms with E-state index in [0.717, 1.165) is 5.56 Å². The van der Waals surface area contributed by atoms with Gasteiger partial charge in [-0.2, -0.15) is 4.98 Å². The zero-order chi connectivity index (χ0) is 21.8. The minimum atomic E-state index is -0.742. The summed E-state index contributed by atoms with van der Waals surface area (Å²) in [5.41, 5.74) is 6.63. The number of aromatic nitrogens is 4. The second-order valence-electron chi connectivity index (χ2n) is 7.11. The third-order valence-corrected chi connectivity index (χ3v) is 5.07. The van der Waals surface area contributed by atoms with Crippen LogP contribution in [0.15, 0.2) is 41.5 Å². The molecule has 1 saturated heterocycles. The van der Waals surface area contributed by atoms with E-state index < -0.39 is 30.1 Å². The quantitative estimate of drug-likeness (QED) is 0.404. The Labute approximate surface area is 177 Å². The van der Waals surface area contributed by atoms with Crippen LogP contribution in [0.3, 0.4) is 0 Å². The second-order valence-corrected chi connectivity index (χ2v) is 7.11. The van der Waals surface area contributed by atoms with Crippen LogP contribution in [0.4, 0.5) is 5.95 Å². The Morgan fingerprint density at radius 1 is 1.23 bits per heavy atom. The minimum absolute atomic E-state index is 0.0373. The number of rotatable bonds is 9. The molecular weight excluding hydrogens is 406 g/mol. The molecule has 11 heteroatoms. The maximum absolute atomic E-state index is 12.2. The molecule has 0 bridgehead atoms. The van der Waals surface area contributed by atoms with Crippen molar-refractivity contribution in [2.45, 2.75) is 31.1 Å². The average Bonchev–Trinajstić information content (AvgIpc) is 3.34. The molecule has 0 spiro atoms. The molecule has 4 atom stereocenters. The number of methoxy groups -OCH3 is 1. The molecule has 0 unspecified atom stereocenters. The van der Waals surface area contributed by atoms with Gasteiger partial charge in [0, 0.05) is 7.11 Å². The van der Waals surface area contributed by atoms with Crippen LogP contribution >= 0.6 is 0 Å². The Hall–Kier alpha value is -2.83. The van der Waals surface area contributed by atoms with Crippen molar-refractivity contribution in [2.24, 2.45) is 0 Å². The molecule has 1 aromatic carbocycles. The summed E-state index contributed by atoms with van der Waals surface area (Å²) in [4.78, 5) is 22.9. The molecule has 2 aromatic heterocycles. The number of nitrogens with one attached hydrogen (secondary N) is 1. The Bertz CT molecular complexity index is 1060. The van der Waals surface area contributed by atoms with Crippen molar-refractivity contribution in [1.29, 1.82) is 0 Å². The summed E-state index contributed by atoms with van der Waals surface area (Å²) in [6.07, 6.45) is -1.15. The standard InChI is InChI=1S/C20H25N5O6/c1-28-7-8-29-16-15(30-10-12-5-3-2-4-6-12)13(9-26)31-19(16)25-11-22-14-17(25)23-20(21)24-18(14)27/h2-6,11,13,15-16,19,26H,7-10H2,1H3,(H3,21,23,24,27)/t13-,15-,16-,19-/m1/s1. The summed E-state index contributed by atoms with van der Waals surface area (Å²) >= 11 is 0. The number of aliphatic hydroxyl groups excluding tert-OH is 1. The molecule has 166 valence electrons. The molecule has 0 aliphatic carbocycles. The van der Waals surface area contributed by atoms with E-state index in [4.69, 9.17) is 24.7 Å². The van der Waals surface area contributed by atoms with E-state index >= 15 is 0 Å². The van der Waals surface area contributed by atoms with Crippen molar-refractivity contribution < 1.29 is 24.1 Å². The van der Waals surface area contributed by atoms with E-state index in [2.05, 4.69) is 15.0 Å². The Morgan fingerprint density at radius 3 is 2.77 bits per heavy atom. The predicted octanol–water partition coefficient (Wildman–Crippen LogP) is 0.209. The first-order valence-corrected chi connectivity index (χ1v) is 9.87. The lowest BCUT2D eigenvalue weighted by atomic mass is 10.1. The lowest BCUT2D eigenvalue weighted by molar-refractivity contribution is -0.0918. The highest BCUT2D eigenvalue weighted by molar-refractivity contribution is 5.70. The molecular formula is C20H25N5O6. The molecule has 1 aliphatic rings. The highest BCUT2D eigenvalue weighted by Crippen LogP contribution is 2.35. The van der Waals surface area contributed by atoms with E-state index in [1.54, 1.807) is 11.7 Å². The lowest BCUT2D eigenvalue weighted by Crippen LogP contribution is -2.38. The minimum Gasteiger partial charge on any atom is -0.394 e. The Morgan fingerprint density at radius 2 is 2.03 bits per heavy atom. The number of nitrogens with zero attached hydrogens (tertiary/aromatic N) is 3. The van der Waals surface area contributed by atoms with Gasteiger partial charge in [-0.05, 0) is 5.56 Å². The third-order valence-electron chi connectivity index (χ3n) is 5.07. The summed E-state index contributed by atoms with van der Waals surface area (Å²) in [5.74, 6) is -0.0373. The van der Waals surface area contributed by atoms with E-state index in [0.29, 0.717) is 13.2 Å². The van der Waals surface area contributed by atoms with Gasteiger partial charge in [-0.1, -0.05) is 30.3 Å². The van der Waals surface area contributed by atoms with Gasteiger partial charge in [-0.25, -0.2) is 4.98 Å². The van der Waals surface area contributed by atoms with Crippen molar-refractivity contribution in [3.05, 3.63) is 52.6 Å². The SMILES string of the molecule is COCCO[C@@H]1[C@H](OCc2ccccc2)[C@@H](CO)O[C@H]1n1cnc2c(=O)[nH]c(N)nc21. The van der Waals surface area contributed by atoms with Gasteiger partial charge in [-0.3, -0.25) is 14.3 Å². The monoisotopic (exact) mass is 431 g/mol. The van der Waals surface area contributed by atoms with Crippen molar-refractivity contribution in [3.63, 3.8) is 0 Å². The number of hydrogen-bond donors (Lipinski definition) is 3. The first-order valence-electron chi connectivity index (χ1n) is 9.87. The molecule has 4 rings (SSSR count). The van der Waals surface area contributed by atoms with Gasteiger partial charge in [-0.15, -0.1) is 0 Å². The number of hydrogen-bond acceptors (Lipinski definition) is 9. The number of ether oxygens (including phenoxy) is 4. The molecule has 11 nitrogen and oxygen atoms in total. The fourth-order valence-electron chi connectivity index (χ4n) is 3.62. The number of nitrogen functional groups attached to an aromatic ring is 1. The first-order chi connectivity index (χ1) is 15.1. The maximum atomic E-state index is 12.2. The third kappa shape index (κ3) is 4.45. The van der Waals surface area contributed by atoms with Crippen LogP contribution in [-0.2, 0) is 25.6 Å². The van der Waals surface area contributed by atoms with Crippen LogP contribution in [0.25, 0.3) is 11.2 Å². The van der Waals surface area contributed by atoms with E-state index in [1.807, 2.05) is 30.3 Å². The van der Waals surface area contributed by atoms with Crippen LogP contribution in [0.1, 0.15) is 11.8 Å². The van der Waals surface area contributed by atoms with Crippen LogP contribution in [0, 0.1) is 0 Å². The van der Waals surface area contributed by atoms with Crippen molar-refractivity contribution >= 4 is 17.1 Å². The first kappa shape index (κ1) is 21.4. The average molecular weight is 431 g/mol. The number of fused-ring (bicyclic) bond motifs is 1. The smallest absolute Gasteiger partial charge is 0.280 e. The lowest BCUT2D eigenvalue weighted by Gasteiger charge is -2.25. The maximum Gasteiger partial charge on any atom is 0.280 e. The molecule has 3 heterocycles. The number of imidazole rings is 1. The summed E-state index contributed by atoms with van der Waals surface area (Å²) in [6, 6.07) is 9.67. The van der Waals surface area contributed by atoms with Gasteiger partial charge in [0.2, 0.25) is 5.95 Å². The molecule has 0 amide bonds. The summed E-state index contributed by atoms with van der Waals surface area (Å²) < 4.78 is 24.9. The highest BCUT2D eigenvalue weighted by atomic mass is 16.6. The van der Waals surface area contributed by atoms with Gasteiger partial charge in [0.1, 0.15) is 18.3 Å². The van der Waals surface area contributed by atoms with Crippen LogP contribution in [0.2, 0.25) is 0 Å². The van der Waals surface area contributed by atoms with Crippen LogP contribution in [0.5, 0.6) is 0 Å². The molecule has 1 aliphatic heterocycles. The molecule has 3 aromatic rings. The van der Waals surface area contributed by atoms with Crippen LogP contribution < -0.4 is 11.3 Å². The van der Waals surface area contributed by atoms with Crippen molar-refractivity contribution in [1.82, 2.24) is 19.5 Å². The number of aromatic amines is 1. The second kappa shape index (κ2) is 9.54. The summed E-state index contributed by atoms with van der Waals surface area (Å²) in [7, 11) is 1.58. The fourth-order valence-corrected chi connectivity index (χ4v) is 3.62. The van der Waals surface area contributed by atoms with E-state index in [9.17, 15) is 9.90 Å². The Balaban J connectivity index is 1.65. The van der Waals surface area contributed by atoms with Gasteiger partial charge in [0.25, 0.3) is 5.56 Å². The number of aliphatic hydroxyl groups is 1. The fraction of sp³-hybridized carbons (Fsp3) is 0.450. The summed E-state index contributed by atoms with van der Waals surface area (Å²) in [6.45, 7) is 0.696. The normalized spacial score (nSPS) is 23.5. The van der Waals surface area contributed by atoms with E-state index in [1.165, 1.54) is 6.33 Å². The Kier molecular flexibility index (Phi) is 6.59. The van der Waals surface area contributed by atoms with E-state index in [-0.39, 0.29) is 30.3 Å². The zero-order valence-electron chi connectivity index (χ0n) is 17.0. The molecule has 1 fully saturated rings. The van der Waals surface area contributed by atoms with Gasteiger partial charge >= 0.3 is 0 Å². The molecule has 31 heavy (non-hydrogen) atoms. The zero-order valence-corrected chi connectivity index (χ0v) is 17.0. The highest BCUT2D eigenvalue weighted by Gasteiger charge is 2.47. The van der Waals surface area contributed by atoms with Crippen LogP contribution in [-0.4, -0.2) is 69.9 Å². The van der Waals surface area contributed by atoms with Gasteiger partial charge in [0.15, 0.2) is 17.4 Å². The predicted molar refractivity (Wildman–Crippen MR) is 110 cm³/mol. The molecule has 4 N–H and O–H groups in total. The number of benzene rings is 1. The molecule has 0 saturated carbocycles. The topological polar surface area (TPSA) is 147 Å². The van der Waals surface area contributed by atoms with Gasteiger partial charge in [0.05, 0.1) is 32.8 Å². The van der Waals surface area contributed by atoms with Crippen molar-refractivity contribution in [3.8, 4) is 0 Å². The number of anilines is 1. The number of nitrogens with two attached hydrogens (primary N) is 1. The largest absolute Gasteiger partial charge is 0.394 e. The summed E-state index contributed by atoms with van der Waals surface area (Å²) in [5, 5.41) is 9.94. The molecule has 0 radical (unpaired) electrons.